The minimum atomic E-state index is -3.86. The van der Waals surface area contributed by atoms with Gasteiger partial charge in [0.15, 0.2) is 0 Å². The Morgan fingerprint density at radius 1 is 1.31 bits per heavy atom. The van der Waals surface area contributed by atoms with E-state index in [0.717, 1.165) is 0 Å². The number of ether oxygens (including phenoxy) is 1. The van der Waals surface area contributed by atoms with Gasteiger partial charge in [-0.2, -0.15) is 13.9 Å². The van der Waals surface area contributed by atoms with E-state index in [0.29, 0.717) is 5.75 Å². The van der Waals surface area contributed by atoms with Crippen molar-refractivity contribution < 1.29 is 38.5 Å². The number of aliphatic hydroxyl groups excluding tert-OH is 1. The number of hydrogen-bond acceptors (Lipinski definition) is 11. The molecule has 12 nitrogen and oxygen atoms in total. The van der Waals surface area contributed by atoms with E-state index in [1.54, 1.807) is 13.8 Å². The number of carboxylic acid groups (broad SMARTS) is 1. The second kappa shape index (κ2) is 11.6. The molecule has 1 fully saturated rings. The summed E-state index contributed by atoms with van der Waals surface area (Å²) >= 11 is 1.32. The van der Waals surface area contributed by atoms with Gasteiger partial charge in [-0.3, -0.25) is 4.79 Å². The molecule has 3 unspecified atom stereocenters. The highest BCUT2D eigenvalue weighted by Gasteiger charge is 2.55. The van der Waals surface area contributed by atoms with Crippen molar-refractivity contribution in [3.05, 3.63) is 23.7 Å². The van der Waals surface area contributed by atoms with Gasteiger partial charge >= 0.3 is 19.7 Å². The number of carbonyl (C=O) groups excluding carboxylic acids is 1. The molecule has 3 atom stereocenters. The molecule has 1 aliphatic rings. The highest BCUT2D eigenvalue weighted by molar-refractivity contribution is 8.00. The summed E-state index contributed by atoms with van der Waals surface area (Å²) in [5, 5.41) is 23.4. The number of rotatable bonds is 12. The maximum Gasteiger partial charge on any atom is 0.445 e. The zero-order chi connectivity index (χ0) is 22.2. The Morgan fingerprint density at radius 3 is 2.34 bits per heavy atom. The van der Waals surface area contributed by atoms with E-state index in [9.17, 15) is 19.6 Å². The van der Waals surface area contributed by atoms with Gasteiger partial charge in [0.05, 0.1) is 31.2 Å². The predicted octanol–water partition coefficient (Wildman–Crippen LogP) is -1.02. The van der Waals surface area contributed by atoms with E-state index in [-0.39, 0.29) is 31.2 Å². The van der Waals surface area contributed by atoms with E-state index in [4.69, 9.17) is 30.4 Å². The number of nitrogens with one attached hydrogen (secondary N) is 2. The maximum absolute atomic E-state index is 12.3. The molecule has 1 saturated heterocycles. The second-order valence-corrected chi connectivity index (χ2v) is 8.99. The van der Waals surface area contributed by atoms with Gasteiger partial charge in [-0.25, -0.2) is 4.79 Å². The summed E-state index contributed by atoms with van der Waals surface area (Å²) in [6, 6.07) is 0. The summed E-state index contributed by atoms with van der Waals surface area (Å²) in [6.07, 6.45) is -0.670. The summed E-state index contributed by atoms with van der Waals surface area (Å²) in [7, 11) is -3.86. The molecule has 0 aromatic heterocycles. The third-order valence-electron chi connectivity index (χ3n) is 3.55. The number of carbonyl (C=O) groups is 2. The van der Waals surface area contributed by atoms with Crippen LogP contribution in [0.2, 0.25) is 0 Å². The fourth-order valence-electron chi connectivity index (χ4n) is 2.22. The summed E-state index contributed by atoms with van der Waals surface area (Å²) in [6.45, 7) is 6.53. The zero-order valence-corrected chi connectivity index (χ0v) is 17.9. The molecule has 1 amide bonds. The van der Waals surface area contributed by atoms with Crippen molar-refractivity contribution in [1.82, 2.24) is 10.6 Å². The summed E-state index contributed by atoms with van der Waals surface area (Å²) in [5.41, 5.74) is 10.2. The molecule has 0 radical (unpaired) electrons. The number of aliphatic carboxylic acids is 1. The van der Waals surface area contributed by atoms with Crippen LogP contribution in [-0.2, 0) is 23.4 Å². The van der Waals surface area contributed by atoms with Gasteiger partial charge in [0.2, 0.25) is 0 Å². The molecule has 0 aromatic rings. The van der Waals surface area contributed by atoms with Gasteiger partial charge in [0, 0.05) is 5.75 Å². The Kier molecular flexibility index (Phi) is 10.1. The Hall–Kier alpha value is -1.60. The van der Waals surface area contributed by atoms with Crippen molar-refractivity contribution in [2.75, 3.05) is 25.6 Å². The molecule has 0 aromatic carbocycles. The monoisotopic (exact) mass is 455 g/mol. The fourth-order valence-corrected chi connectivity index (χ4v) is 4.80. The molecule has 1 aliphatic heterocycles. The van der Waals surface area contributed by atoms with Crippen LogP contribution in [0.4, 0.5) is 0 Å². The van der Waals surface area contributed by atoms with Crippen LogP contribution in [0.5, 0.6) is 0 Å². The van der Waals surface area contributed by atoms with Crippen LogP contribution in [-0.4, -0.2) is 70.0 Å². The van der Waals surface area contributed by atoms with Gasteiger partial charge < -0.3 is 37.1 Å². The number of carboxylic acids is 1. The van der Waals surface area contributed by atoms with Crippen molar-refractivity contribution in [1.29, 1.82) is 0 Å². The van der Waals surface area contributed by atoms with Crippen LogP contribution in [0.25, 0.3) is 0 Å². The Bertz CT molecular complexity index is 644. The lowest BCUT2D eigenvalue weighted by Crippen LogP contribution is -2.43. The standard InChI is InChI=1S/C15H27N4O8PS/c1-4-25-28(24,26-5-2)14(15(22)23)18-8(3)11(16)12(17)13(21)19-9-7-29-10(6-20)27-9/h9-10,14,18,20,24H,3-7,17H2,1-2H3,(H3-,16,19,21,22,23)/p+1. The quantitative estimate of drug-likeness (QED) is 0.108. The summed E-state index contributed by atoms with van der Waals surface area (Å²) in [4.78, 5) is 34.4. The van der Waals surface area contributed by atoms with Crippen LogP contribution >= 0.6 is 19.7 Å². The number of hydrogen-bond donors (Lipinski definition) is 7. The van der Waals surface area contributed by atoms with Gasteiger partial charge in [-0.05, 0) is 13.8 Å². The number of amides is 1. The van der Waals surface area contributed by atoms with Gasteiger partial charge in [-0.1, -0.05) is 6.58 Å². The fraction of sp³-hybridized carbons (Fsp3) is 0.600. The Morgan fingerprint density at radius 2 is 1.90 bits per heavy atom. The van der Waals surface area contributed by atoms with Gasteiger partial charge in [0.1, 0.15) is 17.4 Å². The molecule has 0 aliphatic carbocycles. The first-order valence-electron chi connectivity index (χ1n) is 8.62. The molecular weight excluding hydrogens is 427 g/mol. The molecule has 1 heterocycles. The lowest BCUT2D eigenvalue weighted by Gasteiger charge is -2.24. The minimum Gasteiger partial charge on any atom is -0.477 e. The van der Waals surface area contributed by atoms with Crippen LogP contribution in [0.15, 0.2) is 23.7 Å². The Balaban J connectivity index is 2.89. The molecular formula is C15H28N4O8PS+. The average molecular weight is 455 g/mol. The van der Waals surface area contributed by atoms with Gasteiger partial charge in [-0.15, -0.1) is 11.8 Å². The maximum atomic E-state index is 12.3. The molecule has 0 bridgehead atoms. The van der Waals surface area contributed by atoms with Crippen molar-refractivity contribution in [2.45, 2.75) is 31.3 Å². The number of thioether (sulfide) groups is 1. The number of aliphatic hydroxyl groups is 1. The molecule has 166 valence electrons. The van der Waals surface area contributed by atoms with E-state index in [2.05, 4.69) is 17.2 Å². The van der Waals surface area contributed by atoms with Crippen LogP contribution in [0.3, 0.4) is 0 Å². The SMILES string of the molecule is C=C(NC(C(=O)O)[P+](O)(OCC)OCC)/C(N)=C(\N)C(=O)NC1CSC(CO)O1. The molecule has 1 rings (SSSR count). The molecule has 0 spiro atoms. The van der Waals surface area contributed by atoms with E-state index < -0.39 is 43.0 Å². The predicted molar refractivity (Wildman–Crippen MR) is 108 cm³/mol. The smallest absolute Gasteiger partial charge is 0.445 e. The van der Waals surface area contributed by atoms with Crippen LogP contribution in [0.1, 0.15) is 13.8 Å². The zero-order valence-electron chi connectivity index (χ0n) is 16.2. The first kappa shape index (κ1) is 25.4. The van der Waals surface area contributed by atoms with Gasteiger partial charge in [0.25, 0.3) is 5.91 Å². The normalized spacial score (nSPS) is 21.2. The molecule has 14 heteroatoms. The van der Waals surface area contributed by atoms with E-state index >= 15 is 0 Å². The first-order chi connectivity index (χ1) is 13.6. The topological polar surface area (TPSA) is 199 Å². The molecule has 9 N–H and O–H groups in total. The van der Waals surface area contributed by atoms with Crippen molar-refractivity contribution in [3.8, 4) is 0 Å². The van der Waals surface area contributed by atoms with Crippen molar-refractivity contribution >= 4 is 31.6 Å². The average Bonchev–Trinajstić information content (AvgIpc) is 3.12. The third-order valence-corrected chi connectivity index (χ3v) is 6.94. The highest BCUT2D eigenvalue weighted by atomic mass is 32.2. The molecule has 0 saturated carbocycles. The van der Waals surface area contributed by atoms with Crippen LogP contribution < -0.4 is 22.1 Å². The van der Waals surface area contributed by atoms with E-state index in [1.807, 2.05) is 0 Å². The lowest BCUT2D eigenvalue weighted by atomic mass is 10.2. The highest BCUT2D eigenvalue weighted by Crippen LogP contribution is 2.60. The largest absolute Gasteiger partial charge is 0.477 e. The summed E-state index contributed by atoms with van der Waals surface area (Å²) < 4.78 is 15.6. The lowest BCUT2D eigenvalue weighted by molar-refractivity contribution is -0.137. The first-order valence-corrected chi connectivity index (χ1v) is 11.3. The van der Waals surface area contributed by atoms with Crippen LogP contribution in [0, 0.1) is 0 Å². The minimum absolute atomic E-state index is 0.00626. The second-order valence-electron chi connectivity index (χ2n) is 5.63. The number of nitrogens with two attached hydrogens (primary N) is 2. The van der Waals surface area contributed by atoms with Crippen molar-refractivity contribution in [3.63, 3.8) is 0 Å². The van der Waals surface area contributed by atoms with Crippen molar-refractivity contribution in [2.24, 2.45) is 11.5 Å². The third kappa shape index (κ3) is 7.00. The van der Waals surface area contributed by atoms with E-state index in [1.165, 1.54) is 11.8 Å². The Labute approximate surface area is 173 Å². The molecule has 29 heavy (non-hydrogen) atoms. The summed E-state index contributed by atoms with van der Waals surface area (Å²) in [5.74, 6) is -3.53.